The SMILES string of the molecule is NC(=O)COc1coc(C[NH+]2CCN(c3ccccc3)CC2)cc1=O. The minimum absolute atomic E-state index is 0.00597. The first-order valence-electron chi connectivity index (χ1n) is 8.28. The summed E-state index contributed by atoms with van der Waals surface area (Å²) in [4.78, 5) is 26.4. The van der Waals surface area contributed by atoms with Crippen LogP contribution in [-0.2, 0) is 11.3 Å². The average Bonchev–Trinajstić information content (AvgIpc) is 2.62. The first-order valence-corrected chi connectivity index (χ1v) is 8.28. The van der Waals surface area contributed by atoms with E-state index in [9.17, 15) is 9.59 Å². The Bertz CT molecular complexity index is 767. The maximum Gasteiger partial charge on any atom is 0.255 e. The van der Waals surface area contributed by atoms with E-state index in [1.165, 1.54) is 22.9 Å². The lowest BCUT2D eigenvalue weighted by molar-refractivity contribution is -0.915. The van der Waals surface area contributed by atoms with E-state index in [-0.39, 0.29) is 17.8 Å². The van der Waals surface area contributed by atoms with Gasteiger partial charge in [-0.3, -0.25) is 9.59 Å². The Labute approximate surface area is 145 Å². The molecule has 3 N–H and O–H groups in total. The Morgan fingerprint density at radius 2 is 1.96 bits per heavy atom. The quantitative estimate of drug-likeness (QED) is 0.731. The molecule has 3 rings (SSSR count). The molecule has 25 heavy (non-hydrogen) atoms. The first-order chi connectivity index (χ1) is 12.1. The van der Waals surface area contributed by atoms with Gasteiger partial charge >= 0.3 is 0 Å². The maximum atomic E-state index is 12.0. The molecule has 1 aromatic heterocycles. The van der Waals surface area contributed by atoms with Gasteiger partial charge in [0.2, 0.25) is 11.2 Å². The number of carbonyl (C=O) groups excluding carboxylic acids is 1. The normalized spacial score (nSPS) is 15.1. The van der Waals surface area contributed by atoms with E-state index in [1.54, 1.807) is 0 Å². The zero-order valence-electron chi connectivity index (χ0n) is 13.9. The Balaban J connectivity index is 1.54. The second-order valence-corrected chi connectivity index (χ2v) is 6.08. The number of amides is 1. The zero-order chi connectivity index (χ0) is 17.6. The highest BCUT2D eigenvalue weighted by Crippen LogP contribution is 2.12. The third-order valence-corrected chi connectivity index (χ3v) is 4.24. The molecule has 0 bridgehead atoms. The molecule has 1 fully saturated rings. The summed E-state index contributed by atoms with van der Waals surface area (Å²) in [5, 5.41) is 0. The number of ether oxygens (including phenoxy) is 1. The van der Waals surface area contributed by atoms with Gasteiger partial charge in [-0.1, -0.05) is 18.2 Å². The Hall–Kier alpha value is -2.80. The van der Waals surface area contributed by atoms with Crippen LogP contribution in [0.3, 0.4) is 0 Å². The summed E-state index contributed by atoms with van der Waals surface area (Å²) in [5.74, 6) is -0.0183. The molecule has 0 atom stereocenters. The van der Waals surface area contributed by atoms with Crippen LogP contribution in [0.4, 0.5) is 5.69 Å². The van der Waals surface area contributed by atoms with Gasteiger partial charge in [0.15, 0.2) is 12.4 Å². The first kappa shape index (κ1) is 17.0. The Morgan fingerprint density at radius 1 is 1.24 bits per heavy atom. The lowest BCUT2D eigenvalue weighted by atomic mass is 10.2. The fourth-order valence-electron chi connectivity index (χ4n) is 2.93. The third-order valence-electron chi connectivity index (χ3n) is 4.24. The second-order valence-electron chi connectivity index (χ2n) is 6.08. The predicted molar refractivity (Wildman–Crippen MR) is 92.7 cm³/mol. The molecule has 0 spiro atoms. The summed E-state index contributed by atoms with van der Waals surface area (Å²) in [5.41, 5.74) is 5.93. The van der Waals surface area contributed by atoms with Crippen LogP contribution in [0.2, 0.25) is 0 Å². The zero-order valence-corrected chi connectivity index (χ0v) is 13.9. The monoisotopic (exact) mass is 344 g/mol. The van der Waals surface area contributed by atoms with Crippen molar-refractivity contribution in [2.75, 3.05) is 37.7 Å². The van der Waals surface area contributed by atoms with Crippen LogP contribution < -0.4 is 25.7 Å². The van der Waals surface area contributed by atoms with Crippen LogP contribution in [-0.4, -0.2) is 38.7 Å². The average molecular weight is 344 g/mol. The number of piperazine rings is 1. The fraction of sp³-hybridized carbons (Fsp3) is 0.333. The minimum atomic E-state index is -0.635. The second kappa shape index (κ2) is 7.85. The Kier molecular flexibility index (Phi) is 5.35. The van der Waals surface area contributed by atoms with E-state index in [2.05, 4.69) is 17.0 Å². The Morgan fingerprint density at radius 3 is 2.60 bits per heavy atom. The number of hydrogen-bond donors (Lipinski definition) is 2. The van der Waals surface area contributed by atoms with Crippen LogP contribution in [0, 0.1) is 0 Å². The van der Waals surface area contributed by atoms with Gasteiger partial charge in [-0.25, -0.2) is 0 Å². The number of nitrogens with zero attached hydrogens (tertiary/aromatic N) is 1. The van der Waals surface area contributed by atoms with Gasteiger partial charge in [0.05, 0.1) is 26.2 Å². The van der Waals surface area contributed by atoms with E-state index in [1.807, 2.05) is 18.2 Å². The van der Waals surface area contributed by atoms with E-state index < -0.39 is 5.91 Å². The minimum Gasteiger partial charge on any atom is -0.477 e. The van der Waals surface area contributed by atoms with Crippen molar-refractivity contribution in [3.8, 4) is 5.75 Å². The summed E-state index contributed by atoms with van der Waals surface area (Å²) >= 11 is 0. The van der Waals surface area contributed by atoms with Crippen molar-refractivity contribution in [3.63, 3.8) is 0 Å². The highest BCUT2D eigenvalue weighted by Gasteiger charge is 2.21. The van der Waals surface area contributed by atoms with Crippen molar-refractivity contribution < 1.29 is 18.8 Å². The smallest absolute Gasteiger partial charge is 0.255 e. The molecule has 0 aliphatic carbocycles. The fourth-order valence-corrected chi connectivity index (χ4v) is 2.93. The van der Waals surface area contributed by atoms with Gasteiger partial charge in [-0.2, -0.15) is 0 Å². The highest BCUT2D eigenvalue weighted by atomic mass is 16.5. The molecule has 0 unspecified atom stereocenters. The molecule has 1 saturated heterocycles. The number of nitrogens with one attached hydrogen (secondary N) is 1. The molecular formula is C18H22N3O4+. The number of primary amides is 1. The van der Waals surface area contributed by atoms with Crippen molar-refractivity contribution in [2.45, 2.75) is 6.54 Å². The summed E-state index contributed by atoms with van der Waals surface area (Å²) in [6, 6.07) is 11.8. The predicted octanol–water partition coefficient (Wildman–Crippen LogP) is -0.591. The van der Waals surface area contributed by atoms with Crippen molar-refractivity contribution in [1.82, 2.24) is 0 Å². The molecule has 7 heteroatoms. The van der Waals surface area contributed by atoms with Crippen molar-refractivity contribution >= 4 is 11.6 Å². The van der Waals surface area contributed by atoms with E-state index in [0.717, 1.165) is 26.2 Å². The summed E-state index contributed by atoms with van der Waals surface area (Å²) < 4.78 is 10.5. The van der Waals surface area contributed by atoms with Crippen LogP contribution in [0.5, 0.6) is 5.75 Å². The molecule has 2 heterocycles. The lowest BCUT2D eigenvalue weighted by Crippen LogP contribution is -3.13. The van der Waals surface area contributed by atoms with Gasteiger partial charge in [-0.05, 0) is 12.1 Å². The molecule has 1 aromatic carbocycles. The number of rotatable bonds is 6. The van der Waals surface area contributed by atoms with Crippen LogP contribution >= 0.6 is 0 Å². The number of benzene rings is 1. The number of carbonyl (C=O) groups is 1. The molecular weight excluding hydrogens is 322 g/mol. The number of anilines is 1. The van der Waals surface area contributed by atoms with Crippen LogP contribution in [0.15, 0.2) is 51.9 Å². The molecule has 0 saturated carbocycles. The molecule has 132 valence electrons. The van der Waals surface area contributed by atoms with Crippen LogP contribution in [0.25, 0.3) is 0 Å². The summed E-state index contributed by atoms with van der Waals surface area (Å²) in [6.07, 6.45) is 1.25. The number of quaternary nitrogens is 1. The van der Waals surface area contributed by atoms with E-state index >= 15 is 0 Å². The van der Waals surface area contributed by atoms with Gasteiger partial charge in [-0.15, -0.1) is 0 Å². The van der Waals surface area contributed by atoms with Crippen molar-refractivity contribution in [1.29, 1.82) is 0 Å². The number of hydrogen-bond acceptors (Lipinski definition) is 5. The largest absolute Gasteiger partial charge is 0.477 e. The molecule has 2 aromatic rings. The standard InChI is InChI=1S/C18H21N3O4/c19-18(23)13-25-17-12-24-15(10-16(17)22)11-20-6-8-21(9-7-20)14-4-2-1-3-5-14/h1-5,10,12H,6-9,11,13H2,(H2,19,23)/p+1. The van der Waals surface area contributed by atoms with E-state index in [4.69, 9.17) is 14.9 Å². The van der Waals surface area contributed by atoms with E-state index in [0.29, 0.717) is 12.3 Å². The summed E-state index contributed by atoms with van der Waals surface area (Å²) in [7, 11) is 0. The molecule has 1 aliphatic rings. The molecule has 0 radical (unpaired) electrons. The van der Waals surface area contributed by atoms with Crippen molar-refractivity contribution in [3.05, 3.63) is 58.6 Å². The third kappa shape index (κ3) is 4.60. The van der Waals surface area contributed by atoms with Gasteiger partial charge in [0, 0.05) is 11.8 Å². The number of nitrogens with two attached hydrogens (primary N) is 1. The van der Waals surface area contributed by atoms with Crippen LogP contribution in [0.1, 0.15) is 5.76 Å². The molecule has 1 amide bonds. The van der Waals surface area contributed by atoms with Gasteiger partial charge < -0.3 is 24.7 Å². The lowest BCUT2D eigenvalue weighted by Gasteiger charge is -2.33. The van der Waals surface area contributed by atoms with Crippen molar-refractivity contribution in [2.24, 2.45) is 5.73 Å². The molecule has 1 aliphatic heterocycles. The van der Waals surface area contributed by atoms with Gasteiger partial charge in [0.25, 0.3) is 5.91 Å². The van der Waals surface area contributed by atoms with Gasteiger partial charge in [0.1, 0.15) is 12.8 Å². The topological polar surface area (TPSA) is 90.2 Å². The molecule has 7 nitrogen and oxygen atoms in total. The summed E-state index contributed by atoms with van der Waals surface area (Å²) in [6.45, 7) is 4.18. The number of para-hydroxylation sites is 1. The maximum absolute atomic E-state index is 12.0. The highest BCUT2D eigenvalue weighted by molar-refractivity contribution is 5.75.